The number of halogens is 1. The summed E-state index contributed by atoms with van der Waals surface area (Å²) in [6.07, 6.45) is 1.66. The van der Waals surface area contributed by atoms with Crippen LogP contribution in [-0.2, 0) is 0 Å². The quantitative estimate of drug-likeness (QED) is 0.597. The van der Waals surface area contributed by atoms with Crippen molar-refractivity contribution in [3.8, 4) is 11.3 Å². The lowest BCUT2D eigenvalue weighted by atomic mass is 9.96. The highest BCUT2D eigenvalue weighted by atomic mass is 79.9. The fourth-order valence-electron chi connectivity index (χ4n) is 3.57. The van der Waals surface area contributed by atoms with Crippen LogP contribution in [0.25, 0.3) is 11.3 Å². The van der Waals surface area contributed by atoms with Crippen LogP contribution in [0.5, 0.6) is 0 Å². The zero-order valence-corrected chi connectivity index (χ0v) is 17.4. The van der Waals surface area contributed by atoms with E-state index in [0.717, 1.165) is 34.3 Å². The number of hydrogen-bond acceptors (Lipinski definition) is 5. The van der Waals surface area contributed by atoms with Crippen LogP contribution < -0.4 is 0 Å². The molecule has 1 aliphatic rings. The van der Waals surface area contributed by atoms with Gasteiger partial charge in [0.1, 0.15) is 0 Å². The summed E-state index contributed by atoms with van der Waals surface area (Å²) in [6, 6.07) is 11.8. The molecule has 0 N–H and O–H groups in total. The van der Waals surface area contributed by atoms with E-state index in [2.05, 4.69) is 31.1 Å². The molecular weight excluding hydrogens is 420 g/mol. The Hall–Kier alpha value is -2.54. The number of pyridine rings is 1. The Bertz CT molecular complexity index is 1010. The van der Waals surface area contributed by atoms with E-state index in [0.29, 0.717) is 30.4 Å². The third kappa shape index (κ3) is 3.85. The molecule has 0 saturated carbocycles. The zero-order valence-electron chi connectivity index (χ0n) is 15.9. The minimum absolute atomic E-state index is 0.0333. The van der Waals surface area contributed by atoms with Crippen LogP contribution in [0.4, 0.5) is 0 Å². The fraction of sp³-hybridized carbons (Fsp3) is 0.333. The lowest BCUT2D eigenvalue weighted by Gasteiger charge is -2.30. The maximum absolute atomic E-state index is 13.0. The van der Waals surface area contributed by atoms with Crippen molar-refractivity contribution in [3.63, 3.8) is 0 Å². The Morgan fingerprint density at radius 3 is 2.57 bits per heavy atom. The van der Waals surface area contributed by atoms with E-state index in [4.69, 9.17) is 4.52 Å². The van der Waals surface area contributed by atoms with Gasteiger partial charge >= 0.3 is 0 Å². The molecule has 1 amide bonds. The first-order valence-electron chi connectivity index (χ1n) is 9.34. The lowest BCUT2D eigenvalue weighted by Crippen LogP contribution is -2.38. The van der Waals surface area contributed by atoms with E-state index < -0.39 is 0 Å². The number of amides is 1. The van der Waals surface area contributed by atoms with Gasteiger partial charge in [0.15, 0.2) is 5.82 Å². The number of carbonyl (C=O) groups is 1. The summed E-state index contributed by atoms with van der Waals surface area (Å²) in [5.41, 5.74) is 3.29. The van der Waals surface area contributed by atoms with Gasteiger partial charge in [0.05, 0.1) is 17.0 Å². The van der Waals surface area contributed by atoms with E-state index in [1.54, 1.807) is 0 Å². The molecule has 1 fully saturated rings. The van der Waals surface area contributed by atoms with E-state index in [1.807, 2.05) is 55.1 Å². The molecule has 1 aliphatic heterocycles. The van der Waals surface area contributed by atoms with Gasteiger partial charge in [0, 0.05) is 29.0 Å². The van der Waals surface area contributed by atoms with Gasteiger partial charge in [-0.3, -0.25) is 9.78 Å². The molecule has 28 heavy (non-hydrogen) atoms. The molecule has 3 heterocycles. The molecule has 0 radical (unpaired) electrons. The van der Waals surface area contributed by atoms with Gasteiger partial charge in [0.2, 0.25) is 5.89 Å². The SMILES string of the molecule is Cc1noc(C2CCN(C(=O)c3ccc(-c4cccc(Br)c4)nc3C)CC2)n1. The van der Waals surface area contributed by atoms with Crippen molar-refractivity contribution in [2.75, 3.05) is 13.1 Å². The topological polar surface area (TPSA) is 72.1 Å². The number of carbonyl (C=O) groups excluding carboxylic acids is 1. The number of likely N-dealkylation sites (tertiary alicyclic amines) is 1. The molecule has 0 unspecified atom stereocenters. The molecule has 0 atom stereocenters. The molecule has 1 aromatic carbocycles. The van der Waals surface area contributed by atoms with Crippen LogP contribution in [0.1, 0.15) is 46.5 Å². The number of nitrogens with zero attached hydrogens (tertiary/aromatic N) is 4. The first-order valence-corrected chi connectivity index (χ1v) is 10.1. The number of rotatable bonds is 3. The number of aromatic nitrogens is 3. The van der Waals surface area contributed by atoms with Gasteiger partial charge in [-0.05, 0) is 51.0 Å². The van der Waals surface area contributed by atoms with Crippen LogP contribution in [0.2, 0.25) is 0 Å². The molecule has 0 aliphatic carbocycles. The van der Waals surface area contributed by atoms with Gasteiger partial charge in [-0.15, -0.1) is 0 Å². The average Bonchev–Trinajstić information content (AvgIpc) is 3.14. The van der Waals surface area contributed by atoms with Crippen molar-refractivity contribution in [3.05, 3.63) is 63.8 Å². The lowest BCUT2D eigenvalue weighted by molar-refractivity contribution is 0.0703. The summed E-state index contributed by atoms with van der Waals surface area (Å²) in [7, 11) is 0. The maximum atomic E-state index is 13.0. The van der Waals surface area contributed by atoms with Crippen LogP contribution in [0.3, 0.4) is 0 Å². The number of hydrogen-bond donors (Lipinski definition) is 0. The second-order valence-electron chi connectivity index (χ2n) is 7.09. The van der Waals surface area contributed by atoms with Crippen molar-refractivity contribution in [1.29, 1.82) is 0 Å². The summed E-state index contributed by atoms with van der Waals surface area (Å²) in [6.45, 7) is 5.07. The number of piperidine rings is 1. The monoisotopic (exact) mass is 440 g/mol. The predicted octanol–water partition coefficient (Wildman–Crippen LogP) is 4.53. The largest absolute Gasteiger partial charge is 0.339 e. The van der Waals surface area contributed by atoms with Crippen LogP contribution >= 0.6 is 15.9 Å². The predicted molar refractivity (Wildman–Crippen MR) is 109 cm³/mol. The van der Waals surface area contributed by atoms with Crippen molar-refractivity contribution >= 4 is 21.8 Å². The highest BCUT2D eigenvalue weighted by Crippen LogP contribution is 2.28. The summed E-state index contributed by atoms with van der Waals surface area (Å²) in [5, 5.41) is 3.87. The number of aryl methyl sites for hydroxylation is 2. The van der Waals surface area contributed by atoms with Gasteiger partial charge in [0.25, 0.3) is 5.91 Å². The van der Waals surface area contributed by atoms with E-state index in [1.165, 1.54) is 0 Å². The zero-order chi connectivity index (χ0) is 19.7. The summed E-state index contributed by atoms with van der Waals surface area (Å²) < 4.78 is 6.29. The third-order valence-corrected chi connectivity index (χ3v) is 5.60. The Labute approximate surface area is 172 Å². The van der Waals surface area contributed by atoms with Crippen molar-refractivity contribution < 1.29 is 9.32 Å². The Balaban J connectivity index is 1.46. The van der Waals surface area contributed by atoms with Crippen LogP contribution in [-0.4, -0.2) is 39.0 Å². The Morgan fingerprint density at radius 1 is 1.14 bits per heavy atom. The molecular formula is C21H21BrN4O2. The van der Waals surface area contributed by atoms with Gasteiger partial charge in [-0.25, -0.2) is 0 Å². The van der Waals surface area contributed by atoms with Crippen molar-refractivity contribution in [2.24, 2.45) is 0 Å². The Morgan fingerprint density at radius 2 is 1.93 bits per heavy atom. The first kappa shape index (κ1) is 18.8. The molecule has 1 saturated heterocycles. The molecule has 2 aromatic heterocycles. The van der Waals surface area contributed by atoms with E-state index in [-0.39, 0.29) is 11.8 Å². The fourth-order valence-corrected chi connectivity index (χ4v) is 3.97. The first-order chi connectivity index (χ1) is 13.5. The normalized spacial score (nSPS) is 15.0. The summed E-state index contributed by atoms with van der Waals surface area (Å²) in [5.74, 6) is 1.59. The number of benzene rings is 1. The molecule has 4 rings (SSSR count). The smallest absolute Gasteiger partial charge is 0.255 e. The highest BCUT2D eigenvalue weighted by Gasteiger charge is 2.28. The average molecular weight is 441 g/mol. The minimum atomic E-state index is 0.0333. The third-order valence-electron chi connectivity index (χ3n) is 5.11. The second kappa shape index (κ2) is 7.83. The standard InChI is InChI=1S/C21H21BrN4O2/c1-13-18(6-7-19(23-13)16-4-3-5-17(22)12-16)21(27)26-10-8-15(9-11-26)20-24-14(2)25-28-20/h3-7,12,15H,8-11H2,1-2H3. The molecule has 0 bridgehead atoms. The van der Waals surface area contributed by atoms with Crippen molar-refractivity contribution in [1.82, 2.24) is 20.0 Å². The minimum Gasteiger partial charge on any atom is -0.339 e. The van der Waals surface area contributed by atoms with Crippen molar-refractivity contribution in [2.45, 2.75) is 32.6 Å². The van der Waals surface area contributed by atoms with Gasteiger partial charge < -0.3 is 9.42 Å². The van der Waals surface area contributed by atoms with Gasteiger partial charge in [-0.2, -0.15) is 4.98 Å². The molecule has 3 aromatic rings. The maximum Gasteiger partial charge on any atom is 0.255 e. The Kier molecular flexibility index (Phi) is 5.26. The molecule has 144 valence electrons. The molecule has 7 heteroatoms. The summed E-state index contributed by atoms with van der Waals surface area (Å²) >= 11 is 3.49. The van der Waals surface area contributed by atoms with E-state index >= 15 is 0 Å². The van der Waals surface area contributed by atoms with Gasteiger partial charge in [-0.1, -0.05) is 33.2 Å². The van der Waals surface area contributed by atoms with Crippen LogP contribution in [0, 0.1) is 13.8 Å². The molecule has 0 spiro atoms. The van der Waals surface area contributed by atoms with E-state index in [9.17, 15) is 4.79 Å². The molecule has 6 nitrogen and oxygen atoms in total. The van der Waals surface area contributed by atoms with Crippen LogP contribution in [0.15, 0.2) is 45.4 Å². The highest BCUT2D eigenvalue weighted by molar-refractivity contribution is 9.10. The summed E-state index contributed by atoms with van der Waals surface area (Å²) in [4.78, 5) is 23.9. The second-order valence-corrected chi connectivity index (χ2v) is 8.00.